The molecule has 6 nitrogen and oxygen atoms in total. The molecule has 2 aliphatic rings. The smallest absolute Gasteiger partial charge is 0.249 e. The second kappa shape index (κ2) is 10.0. The number of methoxy groups -OCH3 is 1. The van der Waals surface area contributed by atoms with Crippen molar-refractivity contribution in [3.63, 3.8) is 0 Å². The van der Waals surface area contributed by atoms with Crippen molar-refractivity contribution in [2.75, 3.05) is 26.8 Å². The molecule has 0 N–H and O–H groups in total. The van der Waals surface area contributed by atoms with Crippen LogP contribution in [0.3, 0.4) is 0 Å². The van der Waals surface area contributed by atoms with Crippen LogP contribution in [0.2, 0.25) is 0 Å². The number of nitrogens with zero attached hydrogens (tertiary/aromatic N) is 4. The number of hydrogen-bond donors (Lipinski definition) is 0. The fraction of sp³-hybridized carbons (Fsp3) is 0.640. The predicted molar refractivity (Wildman–Crippen MR) is 121 cm³/mol. The van der Waals surface area contributed by atoms with Crippen molar-refractivity contribution in [1.82, 2.24) is 20.1 Å². The van der Waals surface area contributed by atoms with E-state index in [1.165, 1.54) is 31.4 Å². The van der Waals surface area contributed by atoms with E-state index in [0.717, 1.165) is 31.0 Å². The Hall–Kier alpha value is -2.05. The summed E-state index contributed by atoms with van der Waals surface area (Å²) in [6.45, 7) is 10.2. The fourth-order valence-corrected chi connectivity index (χ4v) is 5.43. The number of allylic oxidation sites excluding steroid dienone is 1. The highest BCUT2D eigenvalue weighted by Crippen LogP contribution is 2.40. The third kappa shape index (κ3) is 5.24. The van der Waals surface area contributed by atoms with E-state index >= 15 is 0 Å². The van der Waals surface area contributed by atoms with E-state index in [1.807, 2.05) is 19.2 Å². The largest absolute Gasteiger partial charge is 0.421 e. The highest BCUT2D eigenvalue weighted by atomic mass is 16.5. The Morgan fingerprint density at radius 2 is 2.16 bits per heavy atom. The maximum Gasteiger partial charge on any atom is 0.249 e. The summed E-state index contributed by atoms with van der Waals surface area (Å²) in [6.07, 6.45) is 10.6. The van der Waals surface area contributed by atoms with E-state index in [9.17, 15) is 0 Å². The van der Waals surface area contributed by atoms with Gasteiger partial charge in [0.05, 0.1) is 12.2 Å². The highest BCUT2D eigenvalue weighted by molar-refractivity contribution is 5.49. The van der Waals surface area contributed by atoms with Gasteiger partial charge in [-0.1, -0.05) is 25.5 Å². The minimum absolute atomic E-state index is 0.458. The summed E-state index contributed by atoms with van der Waals surface area (Å²) in [5.41, 5.74) is 2.33. The summed E-state index contributed by atoms with van der Waals surface area (Å²) in [6, 6.07) is 4.41. The zero-order valence-electron chi connectivity index (χ0n) is 19.3. The summed E-state index contributed by atoms with van der Waals surface area (Å²) in [4.78, 5) is 6.80. The van der Waals surface area contributed by atoms with Gasteiger partial charge in [-0.3, -0.25) is 9.88 Å². The van der Waals surface area contributed by atoms with E-state index in [0.29, 0.717) is 35.6 Å². The lowest BCUT2D eigenvalue weighted by atomic mass is 9.69. The van der Waals surface area contributed by atoms with Crippen LogP contribution >= 0.6 is 0 Å². The molecule has 1 aliphatic carbocycles. The van der Waals surface area contributed by atoms with E-state index < -0.39 is 0 Å². The van der Waals surface area contributed by atoms with Crippen LogP contribution in [0, 0.1) is 23.7 Å². The number of ether oxygens (including phenoxy) is 1. The van der Waals surface area contributed by atoms with Crippen LogP contribution in [0.4, 0.5) is 0 Å². The van der Waals surface area contributed by atoms with Crippen LogP contribution in [-0.4, -0.2) is 52.9 Å². The highest BCUT2D eigenvalue weighted by Gasteiger charge is 2.35. The van der Waals surface area contributed by atoms with E-state index in [1.54, 1.807) is 12.4 Å². The molecule has 4 atom stereocenters. The molecule has 4 rings (SSSR count). The van der Waals surface area contributed by atoms with Gasteiger partial charge in [-0.15, -0.1) is 10.2 Å². The summed E-state index contributed by atoms with van der Waals surface area (Å²) in [5.74, 6) is 3.64. The SMILES string of the molecule is COCC1CCCN1CC1C=C(C)C(Cc2nnc(-c3cccnc3)o2)CC1C(C)C. The molecule has 2 aromatic rings. The van der Waals surface area contributed by atoms with Crippen molar-refractivity contribution in [3.8, 4) is 11.5 Å². The maximum atomic E-state index is 5.98. The Morgan fingerprint density at radius 1 is 1.29 bits per heavy atom. The van der Waals surface area contributed by atoms with Crippen LogP contribution in [0.1, 0.15) is 45.9 Å². The molecule has 1 aliphatic heterocycles. The van der Waals surface area contributed by atoms with Gasteiger partial charge in [0.15, 0.2) is 0 Å². The molecule has 0 bridgehead atoms. The maximum absolute atomic E-state index is 5.98. The number of pyridine rings is 1. The molecular formula is C25H36N4O2. The lowest BCUT2D eigenvalue weighted by Crippen LogP contribution is -2.41. The van der Waals surface area contributed by atoms with Crippen LogP contribution < -0.4 is 0 Å². The van der Waals surface area contributed by atoms with Gasteiger partial charge in [-0.2, -0.15) is 0 Å². The van der Waals surface area contributed by atoms with Gasteiger partial charge in [0.25, 0.3) is 0 Å². The molecule has 6 heteroatoms. The first-order valence-electron chi connectivity index (χ1n) is 11.7. The van der Waals surface area contributed by atoms with Crippen LogP contribution in [0.15, 0.2) is 40.6 Å². The normalized spacial score (nSPS) is 27.1. The van der Waals surface area contributed by atoms with Crippen molar-refractivity contribution in [2.45, 2.75) is 52.5 Å². The first-order chi connectivity index (χ1) is 15.0. The van der Waals surface area contributed by atoms with E-state index in [4.69, 9.17) is 9.15 Å². The minimum Gasteiger partial charge on any atom is -0.421 e. The van der Waals surface area contributed by atoms with Crippen LogP contribution in [0.5, 0.6) is 0 Å². The van der Waals surface area contributed by atoms with Gasteiger partial charge in [-0.05, 0) is 68.5 Å². The molecular weight excluding hydrogens is 388 g/mol. The topological polar surface area (TPSA) is 64.3 Å². The van der Waals surface area contributed by atoms with Gasteiger partial charge in [-0.25, -0.2) is 0 Å². The van der Waals surface area contributed by atoms with Gasteiger partial charge in [0.1, 0.15) is 0 Å². The molecule has 4 unspecified atom stereocenters. The molecule has 168 valence electrons. The monoisotopic (exact) mass is 424 g/mol. The van der Waals surface area contributed by atoms with Crippen LogP contribution in [-0.2, 0) is 11.2 Å². The molecule has 0 amide bonds. The molecule has 1 fully saturated rings. The number of aromatic nitrogens is 3. The Kier molecular flexibility index (Phi) is 7.18. The average molecular weight is 425 g/mol. The lowest BCUT2D eigenvalue weighted by molar-refractivity contribution is 0.0928. The van der Waals surface area contributed by atoms with E-state index in [-0.39, 0.29) is 0 Å². The van der Waals surface area contributed by atoms with E-state index in [2.05, 4.69) is 46.9 Å². The summed E-state index contributed by atoms with van der Waals surface area (Å²) in [7, 11) is 1.82. The summed E-state index contributed by atoms with van der Waals surface area (Å²) in [5, 5.41) is 8.58. The lowest BCUT2D eigenvalue weighted by Gasteiger charge is -2.39. The first-order valence-corrected chi connectivity index (χ1v) is 11.7. The van der Waals surface area contributed by atoms with Crippen molar-refractivity contribution >= 4 is 0 Å². The van der Waals surface area contributed by atoms with Gasteiger partial charge in [0.2, 0.25) is 11.8 Å². The van der Waals surface area contributed by atoms with Crippen molar-refractivity contribution < 1.29 is 9.15 Å². The number of rotatable bonds is 8. The Bertz CT molecular complexity index is 863. The second-order valence-corrected chi connectivity index (χ2v) is 9.61. The molecule has 0 spiro atoms. The number of likely N-dealkylation sites (tertiary alicyclic amines) is 1. The molecule has 31 heavy (non-hydrogen) atoms. The van der Waals surface area contributed by atoms with Crippen LogP contribution in [0.25, 0.3) is 11.5 Å². The molecule has 0 radical (unpaired) electrons. The Balaban J connectivity index is 1.46. The Labute approximate surface area is 186 Å². The van der Waals surface area contributed by atoms with Crippen molar-refractivity contribution in [2.24, 2.45) is 23.7 Å². The minimum atomic E-state index is 0.458. The quantitative estimate of drug-likeness (QED) is 0.575. The van der Waals surface area contributed by atoms with Gasteiger partial charge < -0.3 is 9.15 Å². The molecule has 0 saturated carbocycles. The van der Waals surface area contributed by atoms with Crippen molar-refractivity contribution in [1.29, 1.82) is 0 Å². The zero-order chi connectivity index (χ0) is 21.8. The first kappa shape index (κ1) is 22.2. The number of hydrogen-bond acceptors (Lipinski definition) is 6. The third-order valence-corrected chi connectivity index (χ3v) is 7.18. The second-order valence-electron chi connectivity index (χ2n) is 9.61. The summed E-state index contributed by atoms with van der Waals surface area (Å²) >= 11 is 0. The predicted octanol–water partition coefficient (Wildman–Crippen LogP) is 4.64. The van der Waals surface area contributed by atoms with Gasteiger partial charge in [0, 0.05) is 38.5 Å². The molecule has 2 aromatic heterocycles. The Morgan fingerprint density at radius 3 is 2.90 bits per heavy atom. The molecule has 1 saturated heterocycles. The van der Waals surface area contributed by atoms with Gasteiger partial charge >= 0.3 is 0 Å². The fourth-order valence-electron chi connectivity index (χ4n) is 5.43. The standard InChI is InChI=1S/C25H36N4O2/c1-17(2)23-12-20(13-24-27-28-25(31-24)19-7-5-9-26-14-19)18(3)11-21(23)15-29-10-6-8-22(29)16-30-4/h5,7,9,11,14,17,20-23H,6,8,10,12-13,15-16H2,1-4H3. The molecule has 0 aromatic carbocycles. The molecule has 3 heterocycles. The summed E-state index contributed by atoms with van der Waals surface area (Å²) < 4.78 is 11.5. The van der Waals surface area contributed by atoms with Crippen molar-refractivity contribution in [3.05, 3.63) is 42.1 Å². The zero-order valence-corrected chi connectivity index (χ0v) is 19.3. The third-order valence-electron chi connectivity index (χ3n) is 7.18. The average Bonchev–Trinajstić information content (AvgIpc) is 3.40.